The molecule has 0 aromatic heterocycles. The summed E-state index contributed by atoms with van der Waals surface area (Å²) in [6.07, 6.45) is -4.61. The molecular weight excluding hydrogens is 444 g/mol. The second kappa shape index (κ2) is 9.22. The standard InChI is InChI=1S/C22H21ClO9/c23-14-4-2-13(3-5-14)21(25)32-20-18(24)19-17(9-26-10-30-19)31-22(20)27-8-12-1-6-15-16(7-12)29-11-28-15/h1-7,17-20,22,24H,8-11H2/t17-,18+,19+,20-,22-/m1/s1. The molecule has 3 aliphatic rings. The Morgan fingerprint density at radius 3 is 2.75 bits per heavy atom. The van der Waals surface area contributed by atoms with Gasteiger partial charge in [-0.3, -0.25) is 0 Å². The number of hydrogen-bond donors (Lipinski definition) is 1. The number of carbonyl (C=O) groups excluding carboxylic acids is 1. The van der Waals surface area contributed by atoms with Crippen LogP contribution in [-0.4, -0.2) is 62.0 Å². The van der Waals surface area contributed by atoms with Crippen LogP contribution in [0.1, 0.15) is 15.9 Å². The lowest BCUT2D eigenvalue weighted by Crippen LogP contribution is -2.62. The molecule has 0 saturated carbocycles. The van der Waals surface area contributed by atoms with E-state index in [0.29, 0.717) is 16.5 Å². The Morgan fingerprint density at radius 2 is 1.91 bits per heavy atom. The Bertz CT molecular complexity index is 966. The van der Waals surface area contributed by atoms with Crippen molar-refractivity contribution in [3.05, 3.63) is 58.6 Å². The first-order valence-electron chi connectivity index (χ1n) is 10.1. The van der Waals surface area contributed by atoms with E-state index < -0.39 is 36.7 Å². The first-order valence-corrected chi connectivity index (χ1v) is 10.5. The fraction of sp³-hybridized carbons (Fsp3) is 0.409. The van der Waals surface area contributed by atoms with Gasteiger partial charge in [0.05, 0.1) is 18.8 Å². The fourth-order valence-corrected chi connectivity index (χ4v) is 3.90. The number of ether oxygens (including phenoxy) is 7. The fourth-order valence-electron chi connectivity index (χ4n) is 3.77. The van der Waals surface area contributed by atoms with E-state index in [1.54, 1.807) is 24.3 Å². The van der Waals surface area contributed by atoms with Gasteiger partial charge in [-0.1, -0.05) is 17.7 Å². The maximum atomic E-state index is 12.7. The van der Waals surface area contributed by atoms with Gasteiger partial charge in [0.15, 0.2) is 23.9 Å². The smallest absolute Gasteiger partial charge is 0.338 e. The number of rotatable bonds is 5. The molecule has 3 aliphatic heterocycles. The molecule has 10 heteroatoms. The minimum Gasteiger partial charge on any atom is -0.454 e. The third-order valence-corrected chi connectivity index (χ3v) is 5.67. The number of benzene rings is 2. The Hall–Kier alpha value is -2.40. The molecule has 3 heterocycles. The molecule has 1 N–H and O–H groups in total. The second-order valence-corrected chi connectivity index (χ2v) is 7.97. The Morgan fingerprint density at radius 1 is 1.09 bits per heavy atom. The third-order valence-electron chi connectivity index (χ3n) is 5.42. The van der Waals surface area contributed by atoms with Gasteiger partial charge in [-0.05, 0) is 42.0 Å². The van der Waals surface area contributed by atoms with E-state index >= 15 is 0 Å². The summed E-state index contributed by atoms with van der Waals surface area (Å²) < 4.78 is 39.0. The molecule has 32 heavy (non-hydrogen) atoms. The van der Waals surface area contributed by atoms with Crippen LogP contribution in [0, 0.1) is 0 Å². The molecule has 0 radical (unpaired) electrons. The Kier molecular flexibility index (Phi) is 6.18. The molecule has 170 valence electrons. The van der Waals surface area contributed by atoms with Gasteiger partial charge >= 0.3 is 5.97 Å². The van der Waals surface area contributed by atoms with Crippen LogP contribution >= 0.6 is 11.6 Å². The van der Waals surface area contributed by atoms with Crippen molar-refractivity contribution in [2.45, 2.75) is 37.3 Å². The predicted molar refractivity (Wildman–Crippen MR) is 108 cm³/mol. The summed E-state index contributed by atoms with van der Waals surface area (Å²) in [4.78, 5) is 12.7. The molecule has 0 aliphatic carbocycles. The first-order chi connectivity index (χ1) is 15.6. The molecule has 0 unspecified atom stereocenters. The van der Waals surface area contributed by atoms with Crippen LogP contribution in [0.3, 0.4) is 0 Å². The van der Waals surface area contributed by atoms with E-state index in [1.165, 1.54) is 12.1 Å². The molecule has 2 saturated heterocycles. The van der Waals surface area contributed by atoms with Crippen LogP contribution < -0.4 is 9.47 Å². The third kappa shape index (κ3) is 4.40. The first kappa shape index (κ1) is 21.4. The number of fused-ring (bicyclic) bond motifs is 2. The number of aliphatic hydroxyl groups is 1. The zero-order chi connectivity index (χ0) is 22.1. The van der Waals surface area contributed by atoms with E-state index in [1.807, 2.05) is 6.07 Å². The molecule has 0 bridgehead atoms. The maximum absolute atomic E-state index is 12.7. The van der Waals surface area contributed by atoms with Crippen molar-refractivity contribution >= 4 is 17.6 Å². The number of hydrogen-bond acceptors (Lipinski definition) is 9. The van der Waals surface area contributed by atoms with Crippen molar-refractivity contribution in [3.63, 3.8) is 0 Å². The average molecular weight is 465 g/mol. The van der Waals surface area contributed by atoms with E-state index in [0.717, 1.165) is 5.56 Å². The van der Waals surface area contributed by atoms with Gasteiger partial charge in [0.2, 0.25) is 6.79 Å². The van der Waals surface area contributed by atoms with Crippen molar-refractivity contribution in [2.24, 2.45) is 0 Å². The highest BCUT2D eigenvalue weighted by Gasteiger charge is 2.50. The molecule has 2 aromatic carbocycles. The molecular formula is C22H21ClO9. The van der Waals surface area contributed by atoms with Gasteiger partial charge in [-0.2, -0.15) is 0 Å². The normalized spacial score (nSPS) is 28.8. The summed E-state index contributed by atoms with van der Waals surface area (Å²) in [5.74, 6) is 0.638. The Labute approximate surface area is 188 Å². The lowest BCUT2D eigenvalue weighted by molar-refractivity contribution is -0.340. The molecule has 2 aromatic rings. The van der Waals surface area contributed by atoms with E-state index in [2.05, 4.69) is 0 Å². The van der Waals surface area contributed by atoms with Gasteiger partial charge in [-0.25, -0.2) is 4.79 Å². The quantitative estimate of drug-likeness (QED) is 0.667. The van der Waals surface area contributed by atoms with Crippen molar-refractivity contribution < 1.29 is 43.1 Å². The molecule has 0 amide bonds. The van der Waals surface area contributed by atoms with E-state index in [-0.39, 0.29) is 32.4 Å². The highest BCUT2D eigenvalue weighted by atomic mass is 35.5. The van der Waals surface area contributed by atoms with E-state index in [9.17, 15) is 9.90 Å². The summed E-state index contributed by atoms with van der Waals surface area (Å²) in [6.45, 7) is 0.539. The van der Waals surface area contributed by atoms with Gasteiger partial charge in [0.25, 0.3) is 0 Å². The van der Waals surface area contributed by atoms with Gasteiger partial charge in [0.1, 0.15) is 25.1 Å². The van der Waals surface area contributed by atoms with Crippen LogP contribution in [0.4, 0.5) is 0 Å². The SMILES string of the molecule is O=C(O[C@H]1[C@H](OCc2ccc3c(c2)OCO3)O[C@@H]2COCO[C@@H]2[C@@H]1O)c1ccc(Cl)cc1. The van der Waals surface area contributed by atoms with Gasteiger partial charge in [-0.15, -0.1) is 0 Å². The van der Waals surface area contributed by atoms with Crippen molar-refractivity contribution in [3.8, 4) is 11.5 Å². The average Bonchev–Trinajstić information content (AvgIpc) is 3.28. The van der Waals surface area contributed by atoms with Crippen LogP contribution in [0.5, 0.6) is 11.5 Å². The maximum Gasteiger partial charge on any atom is 0.338 e. The molecule has 0 spiro atoms. The molecule has 2 fully saturated rings. The van der Waals surface area contributed by atoms with Gasteiger partial charge < -0.3 is 38.3 Å². The van der Waals surface area contributed by atoms with E-state index in [4.69, 9.17) is 44.8 Å². The summed E-state index contributed by atoms with van der Waals surface area (Å²) in [5, 5.41) is 11.4. The summed E-state index contributed by atoms with van der Waals surface area (Å²) in [5.41, 5.74) is 1.08. The monoisotopic (exact) mass is 464 g/mol. The van der Waals surface area contributed by atoms with Crippen LogP contribution in [0.15, 0.2) is 42.5 Å². The number of aliphatic hydroxyl groups excluding tert-OH is 1. The predicted octanol–water partition coefficient (Wildman–Crippen LogP) is 2.27. The zero-order valence-electron chi connectivity index (χ0n) is 16.8. The second-order valence-electron chi connectivity index (χ2n) is 7.53. The minimum absolute atomic E-state index is 0.0160. The van der Waals surface area contributed by atoms with Gasteiger partial charge in [0, 0.05) is 5.02 Å². The molecule has 5 atom stereocenters. The Balaban J connectivity index is 1.32. The zero-order valence-corrected chi connectivity index (χ0v) is 17.6. The lowest BCUT2D eigenvalue weighted by atomic mass is 9.98. The topological polar surface area (TPSA) is 102 Å². The lowest BCUT2D eigenvalue weighted by Gasteiger charge is -2.45. The highest BCUT2D eigenvalue weighted by molar-refractivity contribution is 6.30. The highest BCUT2D eigenvalue weighted by Crippen LogP contribution is 2.34. The van der Waals surface area contributed by atoms with Crippen LogP contribution in [0.2, 0.25) is 5.02 Å². The van der Waals surface area contributed by atoms with Crippen molar-refractivity contribution in [1.29, 1.82) is 0 Å². The van der Waals surface area contributed by atoms with Crippen LogP contribution in [-0.2, 0) is 30.3 Å². The number of esters is 1. The number of halogens is 1. The van der Waals surface area contributed by atoms with Crippen LogP contribution in [0.25, 0.3) is 0 Å². The van der Waals surface area contributed by atoms with Crippen molar-refractivity contribution in [1.82, 2.24) is 0 Å². The number of carbonyl (C=O) groups is 1. The minimum atomic E-state index is -1.17. The summed E-state index contributed by atoms with van der Waals surface area (Å²) in [7, 11) is 0. The molecule has 9 nitrogen and oxygen atoms in total. The molecule has 5 rings (SSSR count). The summed E-state index contributed by atoms with van der Waals surface area (Å²) >= 11 is 5.89. The van der Waals surface area contributed by atoms with Crippen molar-refractivity contribution in [2.75, 3.05) is 20.2 Å². The summed E-state index contributed by atoms with van der Waals surface area (Å²) in [6, 6.07) is 11.7. The largest absolute Gasteiger partial charge is 0.454 e.